The molecule has 0 saturated carbocycles. The second kappa shape index (κ2) is 6.61. The lowest BCUT2D eigenvalue weighted by Crippen LogP contribution is -2.45. The van der Waals surface area contributed by atoms with Crippen LogP contribution in [0.4, 0.5) is 0 Å². The van der Waals surface area contributed by atoms with Crippen molar-refractivity contribution in [2.45, 2.75) is 18.4 Å². The molecule has 1 spiro atoms. The van der Waals surface area contributed by atoms with Crippen LogP contribution in [0.2, 0.25) is 0 Å². The molecule has 0 radical (unpaired) electrons. The van der Waals surface area contributed by atoms with Gasteiger partial charge in [-0.2, -0.15) is 0 Å². The Kier molecular flexibility index (Phi) is 4.26. The molecule has 0 bridgehead atoms. The lowest BCUT2D eigenvalue weighted by Gasteiger charge is -2.34. The lowest BCUT2D eigenvalue weighted by molar-refractivity contribution is 0.0427. The maximum absolute atomic E-state index is 12.8. The number of carbonyl (C=O) groups is 2. The number of hydrogen-bond donors (Lipinski definition) is 0. The molecule has 1 amide bonds. The summed E-state index contributed by atoms with van der Waals surface area (Å²) in [5, 5.41) is 0. The average Bonchev–Trinajstić information content (AvgIpc) is 3.10. The highest BCUT2D eigenvalue weighted by atomic mass is 16.5. The summed E-state index contributed by atoms with van der Waals surface area (Å²) in [6, 6.07) is 12.3. The molecule has 0 aliphatic carbocycles. The van der Waals surface area contributed by atoms with Crippen LogP contribution in [0.1, 0.15) is 33.6 Å². The minimum atomic E-state index is -0.652. The van der Waals surface area contributed by atoms with Gasteiger partial charge in [-0.3, -0.25) is 9.59 Å². The van der Waals surface area contributed by atoms with Gasteiger partial charge in [0.05, 0.1) is 32.7 Å². The summed E-state index contributed by atoms with van der Waals surface area (Å²) < 4.78 is 16.5. The summed E-state index contributed by atoms with van der Waals surface area (Å²) in [5.41, 5.74) is 0.487. The standard InChI is InChI=1S/C21H21NO5/c1-25-15-5-3-14(4-6-15)20(24)22-10-9-21(13-22)12-18(23)17-11-16(26-2)7-8-19(17)27-21/h3-8,11H,9-10,12-13H2,1-2H3. The summed E-state index contributed by atoms with van der Waals surface area (Å²) in [7, 11) is 3.16. The van der Waals surface area contributed by atoms with Crippen LogP contribution >= 0.6 is 0 Å². The monoisotopic (exact) mass is 367 g/mol. The van der Waals surface area contributed by atoms with Crippen molar-refractivity contribution in [3.05, 3.63) is 53.6 Å². The molecule has 4 rings (SSSR count). The van der Waals surface area contributed by atoms with Crippen molar-refractivity contribution in [2.75, 3.05) is 27.3 Å². The van der Waals surface area contributed by atoms with Crippen molar-refractivity contribution in [1.29, 1.82) is 0 Å². The highest BCUT2D eigenvalue weighted by molar-refractivity contribution is 6.01. The Bertz CT molecular complexity index is 892. The first-order chi connectivity index (χ1) is 13.0. The lowest BCUT2D eigenvalue weighted by atomic mass is 9.89. The summed E-state index contributed by atoms with van der Waals surface area (Å²) >= 11 is 0. The highest BCUT2D eigenvalue weighted by Crippen LogP contribution is 2.40. The van der Waals surface area contributed by atoms with E-state index >= 15 is 0 Å². The molecule has 0 N–H and O–H groups in total. The number of rotatable bonds is 3. The largest absolute Gasteiger partial charge is 0.497 e. The van der Waals surface area contributed by atoms with Crippen molar-refractivity contribution in [3.8, 4) is 17.2 Å². The van der Waals surface area contributed by atoms with Crippen LogP contribution in [0.5, 0.6) is 17.2 Å². The van der Waals surface area contributed by atoms with E-state index in [2.05, 4.69) is 0 Å². The first kappa shape index (κ1) is 17.4. The van der Waals surface area contributed by atoms with Gasteiger partial charge in [-0.25, -0.2) is 0 Å². The molecule has 1 saturated heterocycles. The number of Topliss-reactive ketones (excluding diaryl/α,β-unsaturated/α-hetero) is 1. The van der Waals surface area contributed by atoms with Crippen molar-refractivity contribution in [2.24, 2.45) is 0 Å². The molecule has 1 unspecified atom stereocenters. The van der Waals surface area contributed by atoms with E-state index in [-0.39, 0.29) is 18.1 Å². The van der Waals surface area contributed by atoms with E-state index in [1.165, 1.54) is 0 Å². The number of likely N-dealkylation sites (tertiary alicyclic amines) is 1. The molecule has 2 aromatic rings. The van der Waals surface area contributed by atoms with Crippen LogP contribution in [0.15, 0.2) is 42.5 Å². The van der Waals surface area contributed by atoms with Gasteiger partial charge in [0, 0.05) is 18.5 Å². The Morgan fingerprint density at radius 3 is 2.48 bits per heavy atom. The molecule has 1 fully saturated rings. The number of carbonyl (C=O) groups excluding carboxylic acids is 2. The molecule has 140 valence electrons. The van der Waals surface area contributed by atoms with Gasteiger partial charge in [-0.1, -0.05) is 0 Å². The minimum absolute atomic E-state index is 0.0221. The van der Waals surface area contributed by atoms with Gasteiger partial charge >= 0.3 is 0 Å². The van der Waals surface area contributed by atoms with Crippen molar-refractivity contribution in [1.82, 2.24) is 4.90 Å². The Balaban J connectivity index is 1.52. The zero-order valence-electron chi connectivity index (χ0n) is 15.4. The second-order valence-corrected chi connectivity index (χ2v) is 6.95. The first-order valence-electron chi connectivity index (χ1n) is 8.87. The predicted molar refractivity (Wildman–Crippen MR) is 98.8 cm³/mol. The predicted octanol–water partition coefficient (Wildman–Crippen LogP) is 2.95. The normalized spacial score (nSPS) is 21.0. The number of hydrogen-bond acceptors (Lipinski definition) is 5. The van der Waals surface area contributed by atoms with Crippen LogP contribution in [0.25, 0.3) is 0 Å². The number of nitrogens with zero attached hydrogens (tertiary/aromatic N) is 1. The van der Waals surface area contributed by atoms with E-state index in [0.29, 0.717) is 47.9 Å². The topological polar surface area (TPSA) is 65.1 Å². The fraction of sp³-hybridized carbons (Fsp3) is 0.333. The Morgan fingerprint density at radius 1 is 1.07 bits per heavy atom. The van der Waals surface area contributed by atoms with E-state index in [4.69, 9.17) is 14.2 Å². The maximum atomic E-state index is 12.8. The van der Waals surface area contributed by atoms with Gasteiger partial charge in [0.15, 0.2) is 5.78 Å². The van der Waals surface area contributed by atoms with Crippen molar-refractivity contribution in [3.63, 3.8) is 0 Å². The molecule has 2 heterocycles. The molecule has 2 aliphatic heterocycles. The quantitative estimate of drug-likeness (QED) is 0.835. The van der Waals surface area contributed by atoms with E-state index in [1.54, 1.807) is 61.6 Å². The number of amides is 1. The van der Waals surface area contributed by atoms with Gasteiger partial charge in [-0.15, -0.1) is 0 Å². The number of fused-ring (bicyclic) bond motifs is 1. The highest BCUT2D eigenvalue weighted by Gasteiger charge is 2.47. The van der Waals surface area contributed by atoms with Crippen LogP contribution in [0.3, 0.4) is 0 Å². The van der Waals surface area contributed by atoms with Crippen molar-refractivity contribution < 1.29 is 23.8 Å². The van der Waals surface area contributed by atoms with Crippen LogP contribution in [-0.4, -0.2) is 49.5 Å². The van der Waals surface area contributed by atoms with E-state index < -0.39 is 5.60 Å². The third-order valence-corrected chi connectivity index (χ3v) is 5.24. The van der Waals surface area contributed by atoms with Gasteiger partial charge in [0.1, 0.15) is 22.8 Å². The third kappa shape index (κ3) is 3.12. The van der Waals surface area contributed by atoms with Gasteiger partial charge in [0.25, 0.3) is 5.91 Å². The molecule has 6 heteroatoms. The molecule has 27 heavy (non-hydrogen) atoms. The number of benzene rings is 2. The van der Waals surface area contributed by atoms with Crippen LogP contribution in [-0.2, 0) is 0 Å². The Hall–Kier alpha value is -3.02. The summed E-state index contributed by atoms with van der Waals surface area (Å²) in [5.74, 6) is 1.85. The zero-order valence-corrected chi connectivity index (χ0v) is 15.4. The smallest absolute Gasteiger partial charge is 0.253 e. The summed E-state index contributed by atoms with van der Waals surface area (Å²) in [6.07, 6.45) is 0.895. The third-order valence-electron chi connectivity index (χ3n) is 5.24. The maximum Gasteiger partial charge on any atom is 0.253 e. The van der Waals surface area contributed by atoms with Gasteiger partial charge in [-0.05, 0) is 42.5 Å². The van der Waals surface area contributed by atoms with E-state index in [0.717, 1.165) is 0 Å². The molecule has 2 aliphatic rings. The number of ketones is 1. The molecule has 1 atom stereocenters. The Labute approximate surface area is 157 Å². The van der Waals surface area contributed by atoms with E-state index in [1.807, 2.05) is 0 Å². The fourth-order valence-electron chi connectivity index (χ4n) is 3.76. The molecule has 2 aromatic carbocycles. The number of methoxy groups -OCH3 is 2. The van der Waals surface area contributed by atoms with Crippen molar-refractivity contribution >= 4 is 11.7 Å². The summed E-state index contributed by atoms with van der Waals surface area (Å²) in [6.45, 7) is 0.957. The van der Waals surface area contributed by atoms with E-state index in [9.17, 15) is 9.59 Å². The fourth-order valence-corrected chi connectivity index (χ4v) is 3.76. The molecule has 6 nitrogen and oxygen atoms in total. The average molecular weight is 367 g/mol. The zero-order chi connectivity index (χ0) is 19.0. The molecule has 0 aromatic heterocycles. The Morgan fingerprint density at radius 2 is 1.78 bits per heavy atom. The summed E-state index contributed by atoms with van der Waals surface area (Å²) in [4.78, 5) is 27.2. The first-order valence-corrected chi connectivity index (χ1v) is 8.87. The van der Waals surface area contributed by atoms with Crippen LogP contribution < -0.4 is 14.2 Å². The van der Waals surface area contributed by atoms with Crippen LogP contribution in [0, 0.1) is 0 Å². The van der Waals surface area contributed by atoms with Gasteiger partial charge < -0.3 is 19.1 Å². The second-order valence-electron chi connectivity index (χ2n) is 6.95. The SMILES string of the molecule is COc1ccc(C(=O)N2CCC3(CC(=O)c4cc(OC)ccc4O3)C2)cc1. The number of ether oxygens (including phenoxy) is 3. The molecular formula is C21H21NO5. The molecular weight excluding hydrogens is 346 g/mol. The minimum Gasteiger partial charge on any atom is -0.497 e. The van der Waals surface area contributed by atoms with Gasteiger partial charge in [0.2, 0.25) is 0 Å².